The molecule has 3 heterocycles. The summed E-state index contributed by atoms with van der Waals surface area (Å²) >= 11 is 0. The second kappa shape index (κ2) is 7.91. The van der Waals surface area contributed by atoms with Crippen LogP contribution in [0.4, 0.5) is 0 Å². The summed E-state index contributed by atoms with van der Waals surface area (Å²) in [7, 11) is 1.54. The van der Waals surface area contributed by atoms with Gasteiger partial charge in [0.25, 0.3) is 5.91 Å². The Bertz CT molecular complexity index is 1270. The number of carbonyl (C=O) groups excluding carboxylic acids is 1. The Labute approximate surface area is 177 Å². The fourth-order valence-corrected chi connectivity index (χ4v) is 3.49. The molecule has 2 N–H and O–H groups in total. The molecule has 5 rings (SSSR count). The third kappa shape index (κ3) is 3.59. The Balaban J connectivity index is 1.45. The van der Waals surface area contributed by atoms with Gasteiger partial charge in [0.05, 0.1) is 42.1 Å². The van der Waals surface area contributed by atoms with E-state index in [1.54, 1.807) is 24.5 Å². The van der Waals surface area contributed by atoms with Gasteiger partial charge in [0.2, 0.25) is 6.79 Å². The minimum Gasteiger partial charge on any atom is -0.495 e. The Morgan fingerprint density at radius 1 is 1.19 bits per heavy atom. The number of ether oxygens (including phenoxy) is 3. The van der Waals surface area contributed by atoms with Gasteiger partial charge in [-0.2, -0.15) is 5.10 Å². The van der Waals surface area contributed by atoms with Crippen LogP contribution in [-0.4, -0.2) is 30.0 Å². The molecule has 2 aromatic heterocycles. The zero-order valence-electron chi connectivity index (χ0n) is 16.7. The number of furan rings is 1. The van der Waals surface area contributed by atoms with Gasteiger partial charge in [0, 0.05) is 0 Å². The standard InChI is InChI=1S/C23H19N3O5/c1-28-22-16(23(27)24-12-15-3-2-10-29-15)6-8-18-21(22)17(25-26-18)7-4-14-5-9-19-20(11-14)31-13-30-19/h2-11H,12-13H2,1H3,(H,24,27)(H,25,26)/b7-4+. The molecule has 0 aliphatic carbocycles. The van der Waals surface area contributed by atoms with Gasteiger partial charge in [-0.15, -0.1) is 0 Å². The first-order chi connectivity index (χ1) is 15.2. The summed E-state index contributed by atoms with van der Waals surface area (Å²) in [5, 5.41) is 10.9. The monoisotopic (exact) mass is 417 g/mol. The quantitative estimate of drug-likeness (QED) is 0.492. The van der Waals surface area contributed by atoms with E-state index < -0.39 is 0 Å². The normalized spacial score (nSPS) is 12.5. The highest BCUT2D eigenvalue weighted by atomic mass is 16.7. The largest absolute Gasteiger partial charge is 0.495 e. The summed E-state index contributed by atoms with van der Waals surface area (Å²) in [6.07, 6.45) is 5.35. The number of carbonyl (C=O) groups is 1. The Hall–Kier alpha value is -4.20. The van der Waals surface area contributed by atoms with Gasteiger partial charge in [-0.05, 0) is 48.0 Å². The first-order valence-electron chi connectivity index (χ1n) is 9.66. The van der Waals surface area contributed by atoms with Gasteiger partial charge in [-0.3, -0.25) is 9.89 Å². The average molecular weight is 417 g/mol. The Morgan fingerprint density at radius 2 is 2.10 bits per heavy atom. The van der Waals surface area contributed by atoms with Crippen LogP contribution in [0, 0.1) is 0 Å². The molecule has 2 aromatic carbocycles. The third-order valence-electron chi connectivity index (χ3n) is 4.99. The zero-order valence-corrected chi connectivity index (χ0v) is 16.7. The van der Waals surface area contributed by atoms with E-state index in [1.807, 2.05) is 36.4 Å². The lowest BCUT2D eigenvalue weighted by atomic mass is 10.1. The van der Waals surface area contributed by atoms with Gasteiger partial charge < -0.3 is 23.9 Å². The molecule has 1 amide bonds. The van der Waals surface area contributed by atoms with Crippen LogP contribution in [0.1, 0.15) is 27.4 Å². The molecule has 1 aliphatic rings. The van der Waals surface area contributed by atoms with E-state index in [9.17, 15) is 4.79 Å². The first-order valence-corrected chi connectivity index (χ1v) is 9.66. The lowest BCUT2D eigenvalue weighted by Crippen LogP contribution is -2.23. The molecule has 0 bridgehead atoms. The van der Waals surface area contributed by atoms with Crippen LogP contribution in [0.2, 0.25) is 0 Å². The summed E-state index contributed by atoms with van der Waals surface area (Å²) < 4.78 is 21.7. The van der Waals surface area contributed by atoms with Crippen LogP contribution in [0.3, 0.4) is 0 Å². The third-order valence-corrected chi connectivity index (χ3v) is 4.99. The molecule has 0 saturated heterocycles. The molecule has 0 radical (unpaired) electrons. The number of rotatable bonds is 6. The molecule has 0 fully saturated rings. The number of benzene rings is 2. The smallest absolute Gasteiger partial charge is 0.255 e. The van der Waals surface area contributed by atoms with Gasteiger partial charge >= 0.3 is 0 Å². The van der Waals surface area contributed by atoms with E-state index in [0.717, 1.165) is 22.2 Å². The number of fused-ring (bicyclic) bond motifs is 2. The molecule has 8 nitrogen and oxygen atoms in total. The fourth-order valence-electron chi connectivity index (χ4n) is 3.49. The van der Waals surface area contributed by atoms with Crippen molar-refractivity contribution >= 4 is 29.0 Å². The van der Waals surface area contributed by atoms with Crippen LogP contribution in [0.25, 0.3) is 23.1 Å². The number of amides is 1. The number of nitrogens with zero attached hydrogens (tertiary/aromatic N) is 1. The number of methoxy groups -OCH3 is 1. The van der Waals surface area contributed by atoms with Crippen LogP contribution in [-0.2, 0) is 6.54 Å². The number of hydrogen-bond acceptors (Lipinski definition) is 6. The van der Waals surface area contributed by atoms with Gasteiger partial charge in [-0.1, -0.05) is 12.1 Å². The van der Waals surface area contributed by atoms with Crippen LogP contribution >= 0.6 is 0 Å². The minimum absolute atomic E-state index is 0.231. The molecule has 0 saturated carbocycles. The van der Waals surface area contributed by atoms with Crippen molar-refractivity contribution in [1.29, 1.82) is 0 Å². The number of nitrogens with one attached hydrogen (secondary N) is 2. The predicted molar refractivity (Wildman–Crippen MR) is 114 cm³/mol. The van der Waals surface area contributed by atoms with Crippen molar-refractivity contribution in [3.8, 4) is 17.2 Å². The van der Waals surface area contributed by atoms with Crippen molar-refractivity contribution in [2.75, 3.05) is 13.9 Å². The van der Waals surface area contributed by atoms with E-state index in [1.165, 1.54) is 7.11 Å². The maximum atomic E-state index is 12.8. The van der Waals surface area contributed by atoms with E-state index in [0.29, 0.717) is 28.5 Å². The van der Waals surface area contributed by atoms with Gasteiger partial charge in [0.1, 0.15) is 11.5 Å². The second-order valence-corrected chi connectivity index (χ2v) is 6.89. The highest BCUT2D eigenvalue weighted by molar-refractivity contribution is 6.05. The predicted octanol–water partition coefficient (Wildman–Crippen LogP) is 3.99. The van der Waals surface area contributed by atoms with Gasteiger partial charge in [0.15, 0.2) is 11.5 Å². The van der Waals surface area contributed by atoms with Crippen molar-refractivity contribution in [2.45, 2.75) is 6.54 Å². The zero-order chi connectivity index (χ0) is 21.2. The maximum Gasteiger partial charge on any atom is 0.255 e. The summed E-state index contributed by atoms with van der Waals surface area (Å²) in [5.41, 5.74) is 2.78. The molecule has 156 valence electrons. The molecular formula is C23H19N3O5. The van der Waals surface area contributed by atoms with E-state index in [-0.39, 0.29) is 19.2 Å². The number of hydrogen-bond donors (Lipinski definition) is 2. The van der Waals surface area contributed by atoms with Crippen LogP contribution < -0.4 is 19.5 Å². The van der Waals surface area contributed by atoms with E-state index in [4.69, 9.17) is 18.6 Å². The van der Waals surface area contributed by atoms with Crippen molar-refractivity contribution in [2.24, 2.45) is 0 Å². The van der Waals surface area contributed by atoms with Gasteiger partial charge in [-0.25, -0.2) is 0 Å². The van der Waals surface area contributed by atoms with E-state index in [2.05, 4.69) is 15.5 Å². The SMILES string of the molecule is COc1c(C(=O)NCc2ccco2)ccc2[nH]nc(/C=C/c3ccc4c(c3)OCO4)c12. The molecular weight excluding hydrogens is 398 g/mol. The molecule has 31 heavy (non-hydrogen) atoms. The first kappa shape index (κ1) is 18.8. The average Bonchev–Trinajstić information content (AvgIpc) is 3.55. The van der Waals surface area contributed by atoms with Crippen molar-refractivity contribution in [1.82, 2.24) is 15.5 Å². The fraction of sp³-hybridized carbons (Fsp3) is 0.130. The molecule has 0 unspecified atom stereocenters. The molecule has 0 spiro atoms. The number of aromatic nitrogens is 2. The molecule has 8 heteroatoms. The van der Waals surface area contributed by atoms with Crippen LogP contribution in [0.5, 0.6) is 17.2 Å². The highest BCUT2D eigenvalue weighted by Crippen LogP contribution is 2.34. The maximum absolute atomic E-state index is 12.8. The molecule has 1 aliphatic heterocycles. The second-order valence-electron chi connectivity index (χ2n) is 6.89. The lowest BCUT2D eigenvalue weighted by Gasteiger charge is -2.10. The molecule has 4 aromatic rings. The summed E-state index contributed by atoms with van der Waals surface area (Å²) in [6.45, 7) is 0.518. The summed E-state index contributed by atoms with van der Waals surface area (Å²) in [4.78, 5) is 12.8. The van der Waals surface area contributed by atoms with Crippen molar-refractivity contribution in [3.63, 3.8) is 0 Å². The van der Waals surface area contributed by atoms with Crippen molar-refractivity contribution < 1.29 is 23.4 Å². The minimum atomic E-state index is -0.262. The Morgan fingerprint density at radius 3 is 2.94 bits per heavy atom. The highest BCUT2D eigenvalue weighted by Gasteiger charge is 2.19. The molecule has 0 atom stereocenters. The number of aromatic amines is 1. The summed E-state index contributed by atoms with van der Waals surface area (Å²) in [6, 6.07) is 12.8. The topological polar surface area (TPSA) is 98.6 Å². The number of H-pyrrole nitrogens is 1. The lowest BCUT2D eigenvalue weighted by molar-refractivity contribution is 0.0945. The summed E-state index contributed by atoms with van der Waals surface area (Å²) in [5.74, 6) is 2.30. The van der Waals surface area contributed by atoms with Crippen LogP contribution in [0.15, 0.2) is 53.1 Å². The Kier molecular flexibility index (Phi) is 4.80. The van der Waals surface area contributed by atoms with E-state index >= 15 is 0 Å². The van der Waals surface area contributed by atoms with Crippen molar-refractivity contribution in [3.05, 3.63) is 71.3 Å².